The Morgan fingerprint density at radius 1 is 1.15 bits per heavy atom. The predicted molar refractivity (Wildman–Crippen MR) is 94.2 cm³/mol. The maximum absolute atomic E-state index is 12.7. The van der Waals surface area contributed by atoms with Gasteiger partial charge in [-0.1, -0.05) is 6.07 Å². The van der Waals surface area contributed by atoms with Gasteiger partial charge in [0.05, 0.1) is 9.82 Å². The highest BCUT2D eigenvalue weighted by atomic mass is 79.9. The molecule has 0 saturated carbocycles. The second-order valence-corrected chi connectivity index (χ2v) is 8.27. The number of piperazine rings is 1. The van der Waals surface area contributed by atoms with Gasteiger partial charge in [-0.25, -0.2) is 8.42 Å². The number of nitro benzene ring substituents is 1. The van der Waals surface area contributed by atoms with E-state index in [1.807, 2.05) is 0 Å². The van der Waals surface area contributed by atoms with Gasteiger partial charge in [0.2, 0.25) is 10.0 Å². The van der Waals surface area contributed by atoms with Gasteiger partial charge < -0.3 is 9.32 Å². The molecule has 2 aromatic rings. The molecule has 9 nitrogen and oxygen atoms in total. The molecule has 1 amide bonds. The Balaban J connectivity index is 1.72. The molecule has 1 saturated heterocycles. The van der Waals surface area contributed by atoms with Crippen molar-refractivity contribution in [1.82, 2.24) is 9.21 Å². The van der Waals surface area contributed by atoms with E-state index in [4.69, 9.17) is 4.42 Å². The minimum absolute atomic E-state index is 0.0959. The molecule has 0 spiro atoms. The Labute approximate surface area is 157 Å². The number of halogens is 1. The first kappa shape index (κ1) is 18.5. The molecule has 0 bridgehead atoms. The van der Waals surface area contributed by atoms with E-state index < -0.39 is 14.9 Å². The molecular formula is C15H14BrN3O6S. The largest absolute Gasteiger partial charge is 0.444 e. The van der Waals surface area contributed by atoms with Crippen molar-refractivity contribution in [3.8, 4) is 0 Å². The molecule has 138 valence electrons. The molecule has 0 N–H and O–H groups in total. The van der Waals surface area contributed by atoms with Gasteiger partial charge >= 0.3 is 0 Å². The summed E-state index contributed by atoms with van der Waals surface area (Å²) in [6.45, 7) is 0.591. The molecule has 26 heavy (non-hydrogen) atoms. The summed E-state index contributed by atoms with van der Waals surface area (Å²) in [7, 11) is -3.87. The van der Waals surface area contributed by atoms with E-state index in [1.54, 1.807) is 12.1 Å². The van der Waals surface area contributed by atoms with Gasteiger partial charge in [0, 0.05) is 38.3 Å². The first-order chi connectivity index (χ1) is 12.3. The third-order valence-corrected chi connectivity index (χ3v) is 6.30. The van der Waals surface area contributed by atoms with E-state index in [0.29, 0.717) is 4.67 Å². The molecule has 1 aromatic carbocycles. The van der Waals surface area contributed by atoms with Gasteiger partial charge in [-0.3, -0.25) is 14.9 Å². The van der Waals surface area contributed by atoms with Crippen LogP contribution in [0.1, 0.15) is 10.6 Å². The quantitative estimate of drug-likeness (QED) is 0.527. The zero-order chi connectivity index (χ0) is 18.9. The monoisotopic (exact) mass is 443 g/mol. The fourth-order valence-electron chi connectivity index (χ4n) is 2.62. The molecule has 0 radical (unpaired) electrons. The summed E-state index contributed by atoms with van der Waals surface area (Å²) in [5.74, 6) is -0.144. The van der Waals surface area contributed by atoms with E-state index in [0.717, 1.165) is 6.07 Å². The number of nitro groups is 1. The van der Waals surface area contributed by atoms with Crippen molar-refractivity contribution >= 4 is 37.5 Å². The second-order valence-electron chi connectivity index (χ2n) is 5.55. The first-order valence-electron chi connectivity index (χ1n) is 7.58. The maximum atomic E-state index is 12.7. The highest BCUT2D eigenvalue weighted by molar-refractivity contribution is 9.10. The summed E-state index contributed by atoms with van der Waals surface area (Å²) in [5.41, 5.74) is -0.289. The SMILES string of the molecule is O=C(c1ccc(Br)o1)N1CCN(S(=O)(=O)c2cccc([N+](=O)[O-])c2)CC1. The number of amides is 1. The van der Waals surface area contributed by atoms with E-state index in [-0.39, 0.29) is 48.4 Å². The minimum Gasteiger partial charge on any atom is -0.444 e. The molecule has 0 aliphatic carbocycles. The lowest BCUT2D eigenvalue weighted by molar-refractivity contribution is -0.385. The van der Waals surface area contributed by atoms with Gasteiger partial charge in [-0.05, 0) is 34.1 Å². The Kier molecular flexibility index (Phi) is 5.12. The van der Waals surface area contributed by atoms with Gasteiger partial charge in [-0.2, -0.15) is 4.31 Å². The Bertz CT molecular complexity index is 950. The number of non-ortho nitro benzene ring substituents is 1. The molecule has 1 aromatic heterocycles. The number of hydrogen-bond donors (Lipinski definition) is 0. The third kappa shape index (κ3) is 3.64. The van der Waals surface area contributed by atoms with Crippen LogP contribution in [0.3, 0.4) is 0 Å². The normalized spacial score (nSPS) is 15.8. The highest BCUT2D eigenvalue weighted by Gasteiger charge is 2.31. The lowest BCUT2D eigenvalue weighted by Gasteiger charge is -2.33. The average molecular weight is 444 g/mol. The zero-order valence-corrected chi connectivity index (χ0v) is 15.8. The molecule has 1 aliphatic heterocycles. The minimum atomic E-state index is -3.87. The van der Waals surface area contributed by atoms with Gasteiger partial charge in [0.1, 0.15) is 0 Å². The lowest BCUT2D eigenvalue weighted by Crippen LogP contribution is -2.50. The summed E-state index contributed by atoms with van der Waals surface area (Å²) >= 11 is 3.13. The predicted octanol–water partition coefficient (Wildman–Crippen LogP) is 2.10. The van der Waals surface area contributed by atoms with Crippen LogP contribution >= 0.6 is 15.9 Å². The van der Waals surface area contributed by atoms with E-state index >= 15 is 0 Å². The van der Waals surface area contributed by atoms with Crippen LogP contribution in [-0.4, -0.2) is 54.6 Å². The van der Waals surface area contributed by atoms with Crippen molar-refractivity contribution in [3.05, 3.63) is 56.9 Å². The number of rotatable bonds is 4. The van der Waals surface area contributed by atoms with Crippen LogP contribution in [0.2, 0.25) is 0 Å². The van der Waals surface area contributed by atoms with Gasteiger partial charge in [-0.15, -0.1) is 0 Å². The van der Waals surface area contributed by atoms with E-state index in [1.165, 1.54) is 27.4 Å². The van der Waals surface area contributed by atoms with Crippen LogP contribution in [0.15, 0.2) is 50.4 Å². The fourth-order valence-corrected chi connectivity index (χ4v) is 4.39. The molecule has 11 heteroatoms. The molecular weight excluding hydrogens is 430 g/mol. The van der Waals surface area contributed by atoms with Crippen LogP contribution in [0.5, 0.6) is 0 Å². The van der Waals surface area contributed by atoms with Crippen molar-refractivity contribution in [1.29, 1.82) is 0 Å². The molecule has 0 unspecified atom stereocenters. The van der Waals surface area contributed by atoms with Crippen LogP contribution < -0.4 is 0 Å². The van der Waals surface area contributed by atoms with Crippen molar-refractivity contribution in [2.75, 3.05) is 26.2 Å². The lowest BCUT2D eigenvalue weighted by atomic mass is 10.3. The average Bonchev–Trinajstić information content (AvgIpc) is 3.07. The number of sulfonamides is 1. The molecule has 1 aliphatic rings. The standard InChI is InChI=1S/C15H14BrN3O6S/c16-14-5-4-13(25-14)15(20)17-6-8-18(9-7-17)26(23,24)12-3-1-2-11(10-12)19(21)22/h1-5,10H,6-9H2. The number of nitrogens with zero attached hydrogens (tertiary/aromatic N) is 3. The van der Waals surface area contributed by atoms with Gasteiger partial charge in [0.25, 0.3) is 11.6 Å². The summed E-state index contributed by atoms with van der Waals surface area (Å²) in [6, 6.07) is 8.07. The molecule has 2 heterocycles. The topological polar surface area (TPSA) is 114 Å². The second kappa shape index (κ2) is 7.17. The van der Waals surface area contributed by atoms with Crippen LogP contribution in [0, 0.1) is 10.1 Å². The summed E-state index contributed by atoms with van der Waals surface area (Å²) < 4.78 is 32.3. The van der Waals surface area contributed by atoms with Crippen molar-refractivity contribution in [2.24, 2.45) is 0 Å². The third-order valence-electron chi connectivity index (χ3n) is 3.98. The van der Waals surface area contributed by atoms with Crippen molar-refractivity contribution < 1.29 is 22.6 Å². The highest BCUT2D eigenvalue weighted by Crippen LogP contribution is 2.23. The number of furan rings is 1. The summed E-state index contributed by atoms with van der Waals surface area (Å²) in [5, 5.41) is 10.9. The Morgan fingerprint density at radius 3 is 2.42 bits per heavy atom. The molecule has 0 atom stereocenters. The van der Waals surface area contributed by atoms with Crippen LogP contribution in [0.25, 0.3) is 0 Å². The molecule has 1 fully saturated rings. The van der Waals surface area contributed by atoms with Crippen LogP contribution in [0.4, 0.5) is 5.69 Å². The number of benzene rings is 1. The zero-order valence-electron chi connectivity index (χ0n) is 13.4. The summed E-state index contributed by atoms with van der Waals surface area (Å²) in [4.78, 5) is 23.9. The van der Waals surface area contributed by atoms with Crippen molar-refractivity contribution in [2.45, 2.75) is 4.90 Å². The Hall–Kier alpha value is -2.24. The van der Waals surface area contributed by atoms with E-state index in [9.17, 15) is 23.3 Å². The van der Waals surface area contributed by atoms with E-state index in [2.05, 4.69) is 15.9 Å². The fraction of sp³-hybridized carbons (Fsp3) is 0.267. The summed E-state index contributed by atoms with van der Waals surface area (Å²) in [6.07, 6.45) is 0. The first-order valence-corrected chi connectivity index (χ1v) is 9.81. The molecule has 3 rings (SSSR count). The van der Waals surface area contributed by atoms with Gasteiger partial charge in [0.15, 0.2) is 10.4 Å². The number of hydrogen-bond acceptors (Lipinski definition) is 6. The van der Waals surface area contributed by atoms with Crippen LogP contribution in [-0.2, 0) is 10.0 Å². The number of carbonyl (C=O) groups is 1. The number of carbonyl (C=O) groups excluding carboxylic acids is 1. The Morgan fingerprint density at radius 2 is 1.85 bits per heavy atom. The maximum Gasteiger partial charge on any atom is 0.289 e. The van der Waals surface area contributed by atoms with Crippen molar-refractivity contribution in [3.63, 3.8) is 0 Å². The smallest absolute Gasteiger partial charge is 0.289 e.